The van der Waals surface area contributed by atoms with Crippen molar-refractivity contribution in [3.05, 3.63) is 62.6 Å². The largest absolute Gasteiger partial charge is 0.497 e. The summed E-state index contributed by atoms with van der Waals surface area (Å²) in [4.78, 5) is 0. The maximum atomic E-state index is 6.32. The monoisotopic (exact) mass is 339 g/mol. The molecule has 4 heteroatoms. The summed E-state index contributed by atoms with van der Waals surface area (Å²) in [6.45, 7) is 2.03. The van der Waals surface area contributed by atoms with E-state index >= 15 is 0 Å². The zero-order valence-electron chi connectivity index (χ0n) is 10.8. The van der Waals surface area contributed by atoms with E-state index in [1.54, 1.807) is 7.11 Å². The van der Waals surface area contributed by atoms with Crippen molar-refractivity contribution in [2.75, 3.05) is 7.11 Å². The molecule has 0 saturated heterocycles. The van der Waals surface area contributed by atoms with Gasteiger partial charge in [-0.1, -0.05) is 23.7 Å². The first-order chi connectivity index (χ1) is 9.02. The fourth-order valence-corrected chi connectivity index (χ4v) is 2.52. The van der Waals surface area contributed by atoms with Crippen LogP contribution in [0.3, 0.4) is 0 Å². The number of aryl methyl sites for hydroxylation is 1. The highest BCUT2D eigenvalue weighted by atomic mass is 79.9. The Labute approximate surface area is 126 Å². The molecule has 0 bridgehead atoms. The SMILES string of the molecule is COc1ccc(C(N)c2ccc(Cl)c(Br)c2)c(C)c1. The van der Waals surface area contributed by atoms with E-state index < -0.39 is 0 Å². The highest BCUT2D eigenvalue weighted by molar-refractivity contribution is 9.10. The topological polar surface area (TPSA) is 35.2 Å². The van der Waals surface area contributed by atoms with E-state index in [1.165, 1.54) is 0 Å². The van der Waals surface area contributed by atoms with Crippen LogP contribution in [0, 0.1) is 6.92 Å². The third-order valence-electron chi connectivity index (χ3n) is 3.11. The smallest absolute Gasteiger partial charge is 0.119 e. The molecule has 0 aliphatic rings. The molecule has 2 aromatic rings. The second-order valence-electron chi connectivity index (χ2n) is 4.37. The van der Waals surface area contributed by atoms with E-state index in [1.807, 2.05) is 43.3 Å². The summed E-state index contributed by atoms with van der Waals surface area (Å²) < 4.78 is 6.06. The summed E-state index contributed by atoms with van der Waals surface area (Å²) in [5.74, 6) is 0.839. The maximum absolute atomic E-state index is 6.32. The normalized spacial score (nSPS) is 12.3. The molecule has 2 aromatic carbocycles. The van der Waals surface area contributed by atoms with Crippen molar-refractivity contribution in [1.82, 2.24) is 0 Å². The van der Waals surface area contributed by atoms with Crippen LogP contribution in [0.25, 0.3) is 0 Å². The van der Waals surface area contributed by atoms with Crippen molar-refractivity contribution in [2.24, 2.45) is 5.73 Å². The van der Waals surface area contributed by atoms with E-state index in [2.05, 4.69) is 15.9 Å². The molecular weight excluding hydrogens is 326 g/mol. The average molecular weight is 341 g/mol. The van der Waals surface area contributed by atoms with Crippen molar-refractivity contribution >= 4 is 27.5 Å². The highest BCUT2D eigenvalue weighted by Gasteiger charge is 2.13. The van der Waals surface area contributed by atoms with Gasteiger partial charge in [0, 0.05) is 4.47 Å². The number of halogens is 2. The molecule has 100 valence electrons. The number of hydrogen-bond donors (Lipinski definition) is 1. The van der Waals surface area contributed by atoms with E-state index in [0.717, 1.165) is 26.9 Å². The molecule has 0 amide bonds. The van der Waals surface area contributed by atoms with Gasteiger partial charge in [0.15, 0.2) is 0 Å². The predicted molar refractivity (Wildman–Crippen MR) is 82.9 cm³/mol. The van der Waals surface area contributed by atoms with Crippen molar-refractivity contribution in [3.8, 4) is 5.75 Å². The van der Waals surface area contributed by atoms with Gasteiger partial charge in [0.1, 0.15) is 5.75 Å². The maximum Gasteiger partial charge on any atom is 0.119 e. The first-order valence-corrected chi connectivity index (χ1v) is 7.05. The first kappa shape index (κ1) is 14.4. The lowest BCUT2D eigenvalue weighted by molar-refractivity contribution is 0.414. The van der Waals surface area contributed by atoms with Crippen LogP contribution in [0.15, 0.2) is 40.9 Å². The standard InChI is InChI=1S/C15H15BrClNO/c1-9-7-11(19-2)4-5-12(9)15(18)10-3-6-14(17)13(16)8-10/h3-8,15H,18H2,1-2H3. The molecule has 2 nitrogen and oxygen atoms in total. The molecule has 19 heavy (non-hydrogen) atoms. The minimum atomic E-state index is -0.181. The summed E-state index contributed by atoms with van der Waals surface area (Å²) in [7, 11) is 1.66. The summed E-state index contributed by atoms with van der Waals surface area (Å²) in [5, 5.41) is 0.683. The molecule has 0 aliphatic heterocycles. The van der Waals surface area contributed by atoms with Gasteiger partial charge in [-0.25, -0.2) is 0 Å². The van der Waals surface area contributed by atoms with Crippen LogP contribution in [0.2, 0.25) is 5.02 Å². The van der Waals surface area contributed by atoms with E-state index in [9.17, 15) is 0 Å². The van der Waals surface area contributed by atoms with E-state index in [-0.39, 0.29) is 6.04 Å². The number of ether oxygens (including phenoxy) is 1. The quantitative estimate of drug-likeness (QED) is 0.895. The second-order valence-corrected chi connectivity index (χ2v) is 5.64. The van der Waals surface area contributed by atoms with Crippen LogP contribution in [0.1, 0.15) is 22.7 Å². The van der Waals surface area contributed by atoms with Crippen molar-refractivity contribution in [3.63, 3.8) is 0 Å². The zero-order chi connectivity index (χ0) is 14.0. The van der Waals surface area contributed by atoms with Crippen LogP contribution in [-0.2, 0) is 0 Å². The molecule has 2 rings (SSSR count). The second kappa shape index (κ2) is 5.95. The number of nitrogens with two attached hydrogens (primary N) is 1. The fourth-order valence-electron chi connectivity index (χ4n) is 2.01. The molecule has 0 heterocycles. The summed E-state index contributed by atoms with van der Waals surface area (Å²) in [6.07, 6.45) is 0. The molecule has 1 unspecified atom stereocenters. The van der Waals surface area contributed by atoms with Crippen molar-refractivity contribution in [1.29, 1.82) is 0 Å². The molecule has 0 aromatic heterocycles. The Balaban J connectivity index is 2.38. The van der Waals surface area contributed by atoms with Gasteiger partial charge < -0.3 is 10.5 Å². The molecule has 2 N–H and O–H groups in total. The third kappa shape index (κ3) is 3.11. The average Bonchev–Trinajstić information content (AvgIpc) is 2.41. The van der Waals surface area contributed by atoms with Crippen LogP contribution in [0.5, 0.6) is 5.75 Å². The summed E-state index contributed by atoms with van der Waals surface area (Å²) in [6, 6.07) is 11.5. The van der Waals surface area contributed by atoms with Crippen LogP contribution >= 0.6 is 27.5 Å². The van der Waals surface area contributed by atoms with Gasteiger partial charge in [0.05, 0.1) is 18.2 Å². The third-order valence-corrected chi connectivity index (χ3v) is 4.33. The lowest BCUT2D eigenvalue weighted by atomic mass is 9.96. The lowest BCUT2D eigenvalue weighted by Gasteiger charge is -2.16. The van der Waals surface area contributed by atoms with E-state index in [4.69, 9.17) is 22.1 Å². The fraction of sp³-hybridized carbons (Fsp3) is 0.200. The highest BCUT2D eigenvalue weighted by Crippen LogP contribution is 2.30. The molecule has 0 aliphatic carbocycles. The Morgan fingerprint density at radius 3 is 2.53 bits per heavy atom. The Kier molecular flexibility index (Phi) is 4.50. The van der Waals surface area contributed by atoms with Crippen LogP contribution < -0.4 is 10.5 Å². The zero-order valence-corrected chi connectivity index (χ0v) is 13.1. The minimum Gasteiger partial charge on any atom is -0.497 e. The molecule has 0 radical (unpaired) electrons. The molecule has 0 spiro atoms. The Morgan fingerprint density at radius 2 is 1.95 bits per heavy atom. The van der Waals surface area contributed by atoms with Gasteiger partial charge >= 0.3 is 0 Å². The van der Waals surface area contributed by atoms with Gasteiger partial charge in [-0.15, -0.1) is 0 Å². The van der Waals surface area contributed by atoms with Crippen molar-refractivity contribution < 1.29 is 4.74 Å². The van der Waals surface area contributed by atoms with Gasteiger partial charge in [0.25, 0.3) is 0 Å². The van der Waals surface area contributed by atoms with Crippen molar-refractivity contribution in [2.45, 2.75) is 13.0 Å². The number of rotatable bonds is 3. The minimum absolute atomic E-state index is 0.181. The van der Waals surface area contributed by atoms with Gasteiger partial charge in [-0.2, -0.15) is 0 Å². The number of benzene rings is 2. The molecular formula is C15H15BrClNO. The number of methoxy groups -OCH3 is 1. The van der Waals surface area contributed by atoms with Crippen LogP contribution in [-0.4, -0.2) is 7.11 Å². The molecule has 0 fully saturated rings. The predicted octanol–water partition coefficient (Wildman–Crippen LogP) is 4.47. The Hall–Kier alpha value is -1.03. The van der Waals surface area contributed by atoms with Gasteiger partial charge in [0.2, 0.25) is 0 Å². The Morgan fingerprint density at radius 1 is 1.21 bits per heavy atom. The molecule has 1 atom stereocenters. The van der Waals surface area contributed by atoms with E-state index in [0.29, 0.717) is 5.02 Å². The Bertz CT molecular complexity index is 601. The van der Waals surface area contributed by atoms with Gasteiger partial charge in [-0.3, -0.25) is 0 Å². The lowest BCUT2D eigenvalue weighted by Crippen LogP contribution is -2.13. The summed E-state index contributed by atoms with van der Waals surface area (Å²) >= 11 is 9.42. The first-order valence-electron chi connectivity index (χ1n) is 5.88. The number of hydrogen-bond acceptors (Lipinski definition) is 2. The van der Waals surface area contributed by atoms with Gasteiger partial charge in [-0.05, 0) is 63.8 Å². The molecule has 0 saturated carbocycles. The summed E-state index contributed by atoms with van der Waals surface area (Å²) in [5.41, 5.74) is 9.53. The van der Waals surface area contributed by atoms with Crippen LogP contribution in [0.4, 0.5) is 0 Å².